The van der Waals surface area contributed by atoms with Gasteiger partial charge in [0, 0.05) is 45.3 Å². The number of allylic oxidation sites excluding steroid dienone is 2. The molecule has 3 rings (SSSR count). The number of hydrogen-bond donors (Lipinski definition) is 0. The molecule has 0 radical (unpaired) electrons. The lowest BCUT2D eigenvalue weighted by Gasteiger charge is -2.32. The molecular formula is C19H29N3O2. The molecule has 2 aliphatic carbocycles. The number of carbonyl (C=O) groups is 1. The quantitative estimate of drug-likeness (QED) is 0.752. The number of methoxy groups -OCH3 is 1. The van der Waals surface area contributed by atoms with Crippen LogP contribution >= 0.6 is 0 Å². The van der Waals surface area contributed by atoms with E-state index in [1.807, 2.05) is 17.9 Å². The van der Waals surface area contributed by atoms with Crippen LogP contribution in [0.1, 0.15) is 36.9 Å². The van der Waals surface area contributed by atoms with Gasteiger partial charge in [0.1, 0.15) is 0 Å². The molecule has 0 unspecified atom stereocenters. The standard InChI is InChI=1S/C19H29N3O2/c1-21-18-12-16(8-9-17(18)13-20-21)19(23)22(10-11-24-2)14-15-6-4-3-5-7-15/h3-4,13,15-16H,5-12,14H2,1-2H3/t15-,16+/m0/s1. The van der Waals surface area contributed by atoms with Gasteiger partial charge in [0.25, 0.3) is 0 Å². The molecule has 0 spiro atoms. The van der Waals surface area contributed by atoms with E-state index in [2.05, 4.69) is 22.2 Å². The highest BCUT2D eigenvalue weighted by molar-refractivity contribution is 5.79. The molecule has 0 aliphatic heterocycles. The van der Waals surface area contributed by atoms with Crippen LogP contribution in [-0.2, 0) is 29.4 Å². The Morgan fingerprint density at radius 2 is 2.29 bits per heavy atom. The minimum absolute atomic E-state index is 0.0869. The zero-order chi connectivity index (χ0) is 16.9. The lowest BCUT2D eigenvalue weighted by atomic mass is 9.86. The first-order chi connectivity index (χ1) is 11.7. The molecule has 1 heterocycles. The molecule has 2 atom stereocenters. The van der Waals surface area contributed by atoms with Crippen LogP contribution in [0.5, 0.6) is 0 Å². The SMILES string of the molecule is COCCN(C[C@H]1CC=CCC1)C(=O)[C@@H]1CCc2cnn(C)c2C1. The van der Waals surface area contributed by atoms with Gasteiger partial charge in [0.15, 0.2) is 0 Å². The van der Waals surface area contributed by atoms with E-state index in [0.717, 1.165) is 38.6 Å². The molecule has 132 valence electrons. The van der Waals surface area contributed by atoms with Crippen molar-refractivity contribution in [3.8, 4) is 0 Å². The molecule has 0 aromatic carbocycles. The molecule has 2 aliphatic rings. The zero-order valence-electron chi connectivity index (χ0n) is 14.9. The highest BCUT2D eigenvalue weighted by atomic mass is 16.5. The summed E-state index contributed by atoms with van der Waals surface area (Å²) < 4.78 is 7.17. The van der Waals surface area contributed by atoms with Gasteiger partial charge >= 0.3 is 0 Å². The Balaban J connectivity index is 1.66. The van der Waals surface area contributed by atoms with Crippen molar-refractivity contribution >= 4 is 5.91 Å². The number of rotatable bonds is 6. The summed E-state index contributed by atoms with van der Waals surface area (Å²) in [6.45, 7) is 2.17. The van der Waals surface area contributed by atoms with Crippen LogP contribution < -0.4 is 0 Å². The molecular weight excluding hydrogens is 302 g/mol. The first-order valence-electron chi connectivity index (χ1n) is 9.11. The van der Waals surface area contributed by atoms with Crippen molar-refractivity contribution in [2.75, 3.05) is 26.8 Å². The number of ether oxygens (including phenoxy) is 1. The summed E-state index contributed by atoms with van der Waals surface area (Å²) in [6, 6.07) is 0. The summed E-state index contributed by atoms with van der Waals surface area (Å²) in [5.41, 5.74) is 2.54. The van der Waals surface area contributed by atoms with E-state index in [9.17, 15) is 4.79 Å². The van der Waals surface area contributed by atoms with Crippen molar-refractivity contribution in [3.05, 3.63) is 29.6 Å². The van der Waals surface area contributed by atoms with Crippen LogP contribution in [0.2, 0.25) is 0 Å². The lowest BCUT2D eigenvalue weighted by molar-refractivity contribution is -0.137. The minimum atomic E-state index is 0.0869. The van der Waals surface area contributed by atoms with E-state index in [1.54, 1.807) is 7.11 Å². The Hall–Kier alpha value is -1.62. The number of hydrogen-bond acceptors (Lipinski definition) is 3. The van der Waals surface area contributed by atoms with Crippen LogP contribution in [0.15, 0.2) is 18.3 Å². The fraction of sp³-hybridized carbons (Fsp3) is 0.684. The average molecular weight is 331 g/mol. The second-order valence-corrected chi connectivity index (χ2v) is 7.11. The number of carbonyl (C=O) groups excluding carboxylic acids is 1. The van der Waals surface area contributed by atoms with Crippen LogP contribution in [0.25, 0.3) is 0 Å². The molecule has 0 saturated heterocycles. The van der Waals surface area contributed by atoms with Crippen molar-refractivity contribution < 1.29 is 9.53 Å². The third-order valence-corrected chi connectivity index (χ3v) is 5.43. The largest absolute Gasteiger partial charge is 0.383 e. The van der Waals surface area contributed by atoms with Crippen LogP contribution in [0, 0.1) is 11.8 Å². The molecule has 1 aromatic rings. The number of amides is 1. The molecule has 1 aromatic heterocycles. The van der Waals surface area contributed by atoms with E-state index in [-0.39, 0.29) is 5.92 Å². The number of fused-ring (bicyclic) bond motifs is 1. The topological polar surface area (TPSA) is 47.4 Å². The smallest absolute Gasteiger partial charge is 0.226 e. The average Bonchev–Trinajstić information content (AvgIpc) is 2.99. The van der Waals surface area contributed by atoms with Gasteiger partial charge in [-0.05, 0) is 43.6 Å². The van der Waals surface area contributed by atoms with Crippen molar-refractivity contribution in [2.45, 2.75) is 38.5 Å². The zero-order valence-corrected chi connectivity index (χ0v) is 14.9. The lowest BCUT2D eigenvalue weighted by Crippen LogP contribution is -2.43. The minimum Gasteiger partial charge on any atom is -0.383 e. The summed E-state index contributed by atoms with van der Waals surface area (Å²) in [7, 11) is 3.68. The van der Waals surface area contributed by atoms with Gasteiger partial charge in [0.2, 0.25) is 5.91 Å². The molecule has 0 saturated carbocycles. The maximum absolute atomic E-state index is 13.1. The highest BCUT2D eigenvalue weighted by Gasteiger charge is 2.31. The fourth-order valence-electron chi connectivity index (χ4n) is 3.94. The molecule has 0 bridgehead atoms. The van der Waals surface area contributed by atoms with Crippen molar-refractivity contribution in [2.24, 2.45) is 18.9 Å². The maximum atomic E-state index is 13.1. The molecule has 0 fully saturated rings. The maximum Gasteiger partial charge on any atom is 0.226 e. The number of nitrogens with zero attached hydrogens (tertiary/aromatic N) is 3. The van der Waals surface area contributed by atoms with E-state index in [4.69, 9.17) is 4.74 Å². The van der Waals surface area contributed by atoms with Crippen molar-refractivity contribution in [1.82, 2.24) is 14.7 Å². The van der Waals surface area contributed by atoms with Gasteiger partial charge < -0.3 is 9.64 Å². The van der Waals surface area contributed by atoms with Crippen LogP contribution in [0.4, 0.5) is 0 Å². The van der Waals surface area contributed by atoms with Gasteiger partial charge in [-0.2, -0.15) is 5.10 Å². The predicted octanol–water partition coefficient (Wildman–Crippen LogP) is 2.36. The summed E-state index contributed by atoms with van der Waals surface area (Å²) >= 11 is 0. The Bertz CT molecular complexity index is 593. The highest BCUT2D eigenvalue weighted by Crippen LogP contribution is 2.27. The fourth-order valence-corrected chi connectivity index (χ4v) is 3.94. The Kier molecular flexibility index (Phi) is 5.72. The van der Waals surface area contributed by atoms with Crippen molar-refractivity contribution in [1.29, 1.82) is 0 Å². The van der Waals surface area contributed by atoms with Crippen molar-refractivity contribution in [3.63, 3.8) is 0 Å². The Morgan fingerprint density at radius 1 is 1.42 bits per heavy atom. The van der Waals surface area contributed by atoms with Gasteiger partial charge in [-0.3, -0.25) is 9.48 Å². The van der Waals surface area contributed by atoms with E-state index in [1.165, 1.54) is 17.7 Å². The van der Waals surface area contributed by atoms with E-state index < -0.39 is 0 Å². The summed E-state index contributed by atoms with van der Waals surface area (Å²) in [6.07, 6.45) is 12.6. The summed E-state index contributed by atoms with van der Waals surface area (Å²) in [5, 5.41) is 4.34. The monoisotopic (exact) mass is 331 g/mol. The molecule has 0 N–H and O–H groups in total. The van der Waals surface area contributed by atoms with Gasteiger partial charge in [-0.1, -0.05) is 12.2 Å². The predicted molar refractivity (Wildman–Crippen MR) is 93.7 cm³/mol. The Morgan fingerprint density at radius 3 is 3.04 bits per heavy atom. The third-order valence-electron chi connectivity index (χ3n) is 5.43. The van der Waals surface area contributed by atoms with Gasteiger partial charge in [-0.15, -0.1) is 0 Å². The molecule has 5 nitrogen and oxygen atoms in total. The summed E-state index contributed by atoms with van der Waals surface area (Å²) in [4.78, 5) is 15.2. The molecule has 5 heteroatoms. The molecule has 1 amide bonds. The summed E-state index contributed by atoms with van der Waals surface area (Å²) in [5.74, 6) is 0.976. The first-order valence-corrected chi connectivity index (χ1v) is 9.11. The second kappa shape index (κ2) is 7.97. The normalized spacial score (nSPS) is 23.1. The van der Waals surface area contributed by atoms with E-state index >= 15 is 0 Å². The number of aryl methyl sites for hydroxylation is 2. The van der Waals surface area contributed by atoms with E-state index in [0.29, 0.717) is 25.0 Å². The van der Waals surface area contributed by atoms with Crippen LogP contribution in [-0.4, -0.2) is 47.4 Å². The third kappa shape index (κ3) is 3.89. The molecule has 24 heavy (non-hydrogen) atoms. The Labute approximate surface area is 144 Å². The second-order valence-electron chi connectivity index (χ2n) is 7.11. The van der Waals surface area contributed by atoms with Gasteiger partial charge in [0.05, 0.1) is 12.8 Å². The number of aromatic nitrogens is 2. The van der Waals surface area contributed by atoms with Crippen LogP contribution in [0.3, 0.4) is 0 Å². The van der Waals surface area contributed by atoms with Gasteiger partial charge in [-0.25, -0.2) is 0 Å². The first kappa shape index (κ1) is 17.2.